The van der Waals surface area contributed by atoms with Crippen molar-refractivity contribution in [1.29, 1.82) is 0 Å². The summed E-state index contributed by atoms with van der Waals surface area (Å²) < 4.78 is 5.61. The summed E-state index contributed by atoms with van der Waals surface area (Å²) in [5, 5.41) is 3.45. The summed E-state index contributed by atoms with van der Waals surface area (Å²) in [6.45, 7) is 9.11. The summed E-state index contributed by atoms with van der Waals surface area (Å²) in [6, 6.07) is 9.06. The average molecular weight is 292 g/mol. The Morgan fingerprint density at radius 1 is 1.15 bits per heavy atom. The minimum atomic E-state index is 0.533. The van der Waals surface area contributed by atoms with Crippen molar-refractivity contribution in [3.63, 3.8) is 0 Å². The van der Waals surface area contributed by atoms with Gasteiger partial charge < -0.3 is 9.73 Å². The van der Waals surface area contributed by atoms with E-state index in [2.05, 4.69) is 49.3 Å². The lowest BCUT2D eigenvalue weighted by molar-refractivity contribution is 0.287. The van der Waals surface area contributed by atoms with Crippen LogP contribution in [0.4, 0.5) is 0 Å². The van der Waals surface area contributed by atoms with Crippen LogP contribution in [-0.2, 0) is 19.6 Å². The second-order valence-electron chi connectivity index (χ2n) is 5.59. The van der Waals surface area contributed by atoms with Gasteiger partial charge in [-0.15, -0.1) is 11.3 Å². The molecule has 2 aromatic rings. The molecule has 0 amide bonds. The molecule has 2 rings (SSSR count). The van der Waals surface area contributed by atoms with E-state index in [-0.39, 0.29) is 0 Å². The lowest BCUT2D eigenvalue weighted by atomic mass is 10.3. The van der Waals surface area contributed by atoms with Crippen LogP contribution in [0.1, 0.15) is 35.1 Å². The second kappa shape index (κ2) is 7.07. The van der Waals surface area contributed by atoms with E-state index in [1.807, 2.05) is 24.3 Å². The predicted molar refractivity (Wildman–Crippen MR) is 84.9 cm³/mol. The van der Waals surface area contributed by atoms with Gasteiger partial charge >= 0.3 is 0 Å². The highest BCUT2D eigenvalue weighted by Crippen LogP contribution is 2.19. The summed E-state index contributed by atoms with van der Waals surface area (Å²) in [6.07, 6.45) is 0. The van der Waals surface area contributed by atoms with E-state index in [9.17, 15) is 0 Å². The Morgan fingerprint density at radius 3 is 2.55 bits per heavy atom. The van der Waals surface area contributed by atoms with Crippen LogP contribution < -0.4 is 5.32 Å². The van der Waals surface area contributed by atoms with Crippen LogP contribution in [-0.4, -0.2) is 18.0 Å². The second-order valence-corrected chi connectivity index (χ2v) is 6.84. The third-order valence-corrected chi connectivity index (χ3v) is 4.12. The molecule has 0 aliphatic heterocycles. The van der Waals surface area contributed by atoms with E-state index >= 15 is 0 Å². The molecule has 0 saturated heterocycles. The maximum Gasteiger partial charge on any atom is 0.118 e. The number of hydrogen-bond acceptors (Lipinski definition) is 4. The van der Waals surface area contributed by atoms with Crippen LogP contribution in [0.15, 0.2) is 28.7 Å². The summed E-state index contributed by atoms with van der Waals surface area (Å²) in [5.74, 6) is 2.01. The number of aryl methyl sites for hydroxylation is 1. The number of rotatable bonds is 7. The first kappa shape index (κ1) is 15.3. The summed E-state index contributed by atoms with van der Waals surface area (Å²) >= 11 is 1.88. The van der Waals surface area contributed by atoms with Crippen molar-refractivity contribution in [2.75, 3.05) is 7.05 Å². The summed E-state index contributed by atoms with van der Waals surface area (Å²) in [5.41, 5.74) is 0. The van der Waals surface area contributed by atoms with Crippen molar-refractivity contribution in [3.05, 3.63) is 45.5 Å². The molecule has 0 aliphatic carbocycles. The number of nitrogens with zero attached hydrogens (tertiary/aromatic N) is 1. The highest BCUT2D eigenvalue weighted by Gasteiger charge is 2.07. The Kier molecular flexibility index (Phi) is 5.40. The molecular formula is C16H24N2OS. The molecule has 0 bridgehead atoms. The van der Waals surface area contributed by atoms with Crippen molar-refractivity contribution in [3.8, 4) is 0 Å². The normalized spacial score (nSPS) is 11.7. The predicted octanol–water partition coefficient (Wildman–Crippen LogP) is 3.78. The van der Waals surface area contributed by atoms with E-state index in [1.54, 1.807) is 0 Å². The van der Waals surface area contributed by atoms with E-state index < -0.39 is 0 Å². The first-order chi connectivity index (χ1) is 9.52. The number of nitrogens with one attached hydrogen (secondary N) is 1. The van der Waals surface area contributed by atoms with Crippen LogP contribution >= 0.6 is 11.3 Å². The molecule has 0 fully saturated rings. The lowest BCUT2D eigenvalue weighted by Gasteiger charge is -2.13. The van der Waals surface area contributed by atoms with Gasteiger partial charge in [0.2, 0.25) is 0 Å². The number of thiophene rings is 1. The molecule has 110 valence electrons. The molecule has 20 heavy (non-hydrogen) atoms. The fourth-order valence-electron chi connectivity index (χ4n) is 2.07. The van der Waals surface area contributed by atoms with Crippen LogP contribution in [0.3, 0.4) is 0 Å². The quantitative estimate of drug-likeness (QED) is 0.842. The van der Waals surface area contributed by atoms with Crippen LogP contribution in [0.25, 0.3) is 0 Å². The van der Waals surface area contributed by atoms with E-state index in [4.69, 9.17) is 4.42 Å². The van der Waals surface area contributed by atoms with Gasteiger partial charge in [-0.05, 0) is 38.2 Å². The Labute approximate surface area is 125 Å². The minimum Gasteiger partial charge on any atom is -0.465 e. The van der Waals surface area contributed by atoms with Crippen molar-refractivity contribution in [2.24, 2.45) is 0 Å². The molecular weight excluding hydrogens is 268 g/mol. The molecule has 4 heteroatoms. The lowest BCUT2D eigenvalue weighted by Crippen LogP contribution is -2.21. The van der Waals surface area contributed by atoms with Crippen molar-refractivity contribution < 1.29 is 4.42 Å². The average Bonchev–Trinajstić information content (AvgIpc) is 2.96. The van der Waals surface area contributed by atoms with Gasteiger partial charge in [-0.25, -0.2) is 0 Å². The standard InChI is InChI=1S/C16H24N2OS/c1-12(2)17-9-15-7-8-16(20-15)11-18(4)10-14-6-5-13(3)19-14/h5-8,12,17H,9-11H2,1-4H3. The SMILES string of the molecule is Cc1ccc(CN(C)Cc2ccc(CNC(C)C)s2)o1. The summed E-state index contributed by atoms with van der Waals surface area (Å²) in [4.78, 5) is 5.08. The molecule has 0 radical (unpaired) electrons. The molecule has 0 aromatic carbocycles. The molecule has 2 aromatic heterocycles. The zero-order chi connectivity index (χ0) is 14.5. The molecule has 0 saturated carbocycles. The maximum atomic E-state index is 5.61. The highest BCUT2D eigenvalue weighted by atomic mass is 32.1. The molecule has 0 atom stereocenters. The van der Waals surface area contributed by atoms with Gasteiger partial charge in [0.25, 0.3) is 0 Å². The molecule has 2 heterocycles. The number of hydrogen-bond donors (Lipinski definition) is 1. The Balaban J connectivity index is 1.83. The number of furan rings is 1. The van der Waals surface area contributed by atoms with Gasteiger partial charge in [0.1, 0.15) is 11.5 Å². The Hall–Kier alpha value is -1.10. The van der Waals surface area contributed by atoms with E-state index in [0.29, 0.717) is 6.04 Å². The van der Waals surface area contributed by atoms with Gasteiger partial charge in [0, 0.05) is 28.9 Å². The van der Waals surface area contributed by atoms with Gasteiger partial charge in [-0.3, -0.25) is 4.90 Å². The Bertz CT molecular complexity index is 530. The first-order valence-corrected chi connectivity index (χ1v) is 7.89. The molecule has 0 aliphatic rings. The van der Waals surface area contributed by atoms with Crippen molar-refractivity contribution >= 4 is 11.3 Å². The smallest absolute Gasteiger partial charge is 0.118 e. The fourth-order valence-corrected chi connectivity index (χ4v) is 3.11. The zero-order valence-electron chi connectivity index (χ0n) is 12.8. The molecule has 1 N–H and O–H groups in total. The van der Waals surface area contributed by atoms with Crippen LogP contribution in [0.5, 0.6) is 0 Å². The Morgan fingerprint density at radius 2 is 1.90 bits per heavy atom. The van der Waals surface area contributed by atoms with Gasteiger partial charge in [0.15, 0.2) is 0 Å². The minimum absolute atomic E-state index is 0.533. The topological polar surface area (TPSA) is 28.4 Å². The third-order valence-electron chi connectivity index (χ3n) is 3.05. The van der Waals surface area contributed by atoms with Gasteiger partial charge in [-0.2, -0.15) is 0 Å². The molecule has 0 unspecified atom stereocenters. The van der Waals surface area contributed by atoms with Crippen molar-refractivity contribution in [1.82, 2.24) is 10.2 Å². The largest absolute Gasteiger partial charge is 0.465 e. The first-order valence-electron chi connectivity index (χ1n) is 7.08. The monoisotopic (exact) mass is 292 g/mol. The van der Waals surface area contributed by atoms with Crippen molar-refractivity contribution in [2.45, 2.75) is 46.4 Å². The van der Waals surface area contributed by atoms with Gasteiger partial charge in [0.05, 0.1) is 6.54 Å². The fraction of sp³-hybridized carbons (Fsp3) is 0.500. The van der Waals surface area contributed by atoms with Crippen LogP contribution in [0, 0.1) is 6.92 Å². The summed E-state index contributed by atoms with van der Waals surface area (Å²) in [7, 11) is 2.13. The highest BCUT2D eigenvalue weighted by molar-refractivity contribution is 7.11. The molecule has 0 spiro atoms. The van der Waals surface area contributed by atoms with E-state index in [0.717, 1.165) is 31.2 Å². The van der Waals surface area contributed by atoms with E-state index in [1.165, 1.54) is 9.75 Å². The third kappa shape index (κ3) is 4.78. The van der Waals surface area contributed by atoms with Gasteiger partial charge in [-0.1, -0.05) is 13.8 Å². The van der Waals surface area contributed by atoms with Crippen LogP contribution in [0.2, 0.25) is 0 Å². The zero-order valence-corrected chi connectivity index (χ0v) is 13.6. The molecule has 3 nitrogen and oxygen atoms in total. The maximum absolute atomic E-state index is 5.61.